The lowest BCUT2D eigenvalue weighted by atomic mass is 9.70. The van der Waals surface area contributed by atoms with Gasteiger partial charge >= 0.3 is 6.09 Å². The molecule has 42 heavy (non-hydrogen) atoms. The fourth-order valence-electron chi connectivity index (χ4n) is 5.83. The van der Waals surface area contributed by atoms with Gasteiger partial charge in [0.05, 0.1) is 18.2 Å². The van der Waals surface area contributed by atoms with E-state index in [-0.39, 0.29) is 12.5 Å². The van der Waals surface area contributed by atoms with Crippen LogP contribution in [0.15, 0.2) is 77.4 Å². The molecule has 1 aliphatic rings. The van der Waals surface area contributed by atoms with Crippen LogP contribution in [-0.2, 0) is 11.2 Å². The van der Waals surface area contributed by atoms with Gasteiger partial charge in [0.15, 0.2) is 0 Å². The number of pyridine rings is 2. The minimum absolute atomic E-state index is 0.287. The van der Waals surface area contributed by atoms with Gasteiger partial charge in [-0.05, 0) is 87.7 Å². The number of likely N-dealkylation sites (tertiary alicyclic amines) is 1. The Morgan fingerprint density at radius 3 is 2.60 bits per heavy atom. The molecular formula is C33H35BrClN3O4. The summed E-state index contributed by atoms with van der Waals surface area (Å²) in [5.41, 5.74) is 1.34. The molecule has 2 aromatic carbocycles. The molecule has 4 aromatic rings. The molecule has 3 unspecified atom stereocenters. The molecule has 1 saturated heterocycles. The molecule has 0 spiro atoms. The molecule has 1 amide bonds. The van der Waals surface area contributed by atoms with Crippen molar-refractivity contribution in [3.63, 3.8) is 0 Å². The van der Waals surface area contributed by atoms with E-state index >= 15 is 0 Å². The fourth-order valence-corrected chi connectivity index (χ4v) is 6.34. The van der Waals surface area contributed by atoms with Crippen LogP contribution in [0.4, 0.5) is 4.79 Å². The first-order valence-electron chi connectivity index (χ1n) is 14.0. The molecule has 5 rings (SSSR count). The van der Waals surface area contributed by atoms with Gasteiger partial charge in [0, 0.05) is 57.3 Å². The largest absolute Gasteiger partial charge is 0.481 e. The minimum Gasteiger partial charge on any atom is -0.481 e. The molecular weight excluding hydrogens is 618 g/mol. The Kier molecular flexibility index (Phi) is 8.78. The third-order valence-corrected chi connectivity index (χ3v) is 8.37. The van der Waals surface area contributed by atoms with Gasteiger partial charge in [0.1, 0.15) is 5.60 Å². The highest BCUT2D eigenvalue weighted by Gasteiger charge is 2.48. The number of aliphatic hydroxyl groups is 1. The molecule has 0 saturated carbocycles. The van der Waals surface area contributed by atoms with Crippen LogP contribution in [0, 0.1) is 0 Å². The first-order valence-corrected chi connectivity index (χ1v) is 15.1. The number of carbonyl (C=O) groups is 1. The summed E-state index contributed by atoms with van der Waals surface area (Å²) in [6.45, 7) is 5.87. The van der Waals surface area contributed by atoms with E-state index in [1.165, 1.54) is 0 Å². The van der Waals surface area contributed by atoms with Gasteiger partial charge in [-0.1, -0.05) is 45.7 Å². The fraction of sp³-hybridized carbons (Fsp3) is 0.364. The van der Waals surface area contributed by atoms with E-state index in [0.29, 0.717) is 30.3 Å². The number of nitrogens with zero attached hydrogens (tertiary/aromatic N) is 3. The molecule has 3 atom stereocenters. The van der Waals surface area contributed by atoms with Crippen molar-refractivity contribution in [2.24, 2.45) is 0 Å². The van der Waals surface area contributed by atoms with Gasteiger partial charge in [-0.15, -0.1) is 0 Å². The highest BCUT2D eigenvalue weighted by atomic mass is 79.9. The molecule has 1 aliphatic heterocycles. The van der Waals surface area contributed by atoms with Crippen LogP contribution in [0.2, 0.25) is 5.02 Å². The summed E-state index contributed by atoms with van der Waals surface area (Å²) < 4.78 is 12.5. The Bertz CT molecular complexity index is 1560. The number of piperidine rings is 1. The molecule has 0 bridgehead atoms. The monoisotopic (exact) mass is 651 g/mol. The van der Waals surface area contributed by atoms with Crippen molar-refractivity contribution in [2.45, 2.75) is 63.2 Å². The number of ether oxygens (including phenoxy) is 2. The topological polar surface area (TPSA) is 84.8 Å². The van der Waals surface area contributed by atoms with Crippen LogP contribution in [0.3, 0.4) is 0 Å². The van der Waals surface area contributed by atoms with Crippen molar-refractivity contribution in [2.75, 3.05) is 13.7 Å². The first-order chi connectivity index (χ1) is 20.0. The van der Waals surface area contributed by atoms with E-state index < -0.39 is 23.2 Å². The number of halogens is 2. The zero-order valence-electron chi connectivity index (χ0n) is 24.2. The number of rotatable bonds is 6. The molecule has 1 fully saturated rings. The Hall–Kier alpha value is -3.20. The van der Waals surface area contributed by atoms with Gasteiger partial charge in [0.2, 0.25) is 5.88 Å². The quantitative estimate of drug-likeness (QED) is 0.231. The Morgan fingerprint density at radius 2 is 1.93 bits per heavy atom. The maximum atomic E-state index is 13.4. The smallest absolute Gasteiger partial charge is 0.410 e. The number of carbonyl (C=O) groups excluding carboxylic acids is 1. The molecule has 0 radical (unpaired) electrons. The summed E-state index contributed by atoms with van der Waals surface area (Å²) in [5, 5.41) is 14.2. The van der Waals surface area contributed by atoms with Gasteiger partial charge < -0.3 is 19.5 Å². The number of methoxy groups -OCH3 is 1. The average molecular weight is 653 g/mol. The second kappa shape index (κ2) is 12.2. The Labute approximate surface area is 260 Å². The molecule has 220 valence electrons. The first kappa shape index (κ1) is 30.3. The molecule has 1 N–H and O–H groups in total. The summed E-state index contributed by atoms with van der Waals surface area (Å²) >= 11 is 9.86. The summed E-state index contributed by atoms with van der Waals surface area (Å²) in [6, 6.07) is 20.8. The lowest BCUT2D eigenvalue weighted by molar-refractivity contribution is -0.0631. The van der Waals surface area contributed by atoms with Crippen LogP contribution in [0.5, 0.6) is 5.88 Å². The number of fused-ring (bicyclic) bond motifs is 1. The molecule has 9 heteroatoms. The summed E-state index contributed by atoms with van der Waals surface area (Å²) in [5.74, 6) is -0.0818. The lowest BCUT2D eigenvalue weighted by Gasteiger charge is -2.47. The molecule has 3 heterocycles. The molecule has 0 aliphatic carbocycles. The maximum absolute atomic E-state index is 13.4. The Morgan fingerprint density at radius 1 is 1.17 bits per heavy atom. The number of aromatic nitrogens is 2. The normalized spacial score (nSPS) is 19.9. The highest BCUT2D eigenvalue weighted by molar-refractivity contribution is 9.10. The van der Waals surface area contributed by atoms with Crippen LogP contribution in [-0.4, -0.2) is 57.0 Å². The Balaban J connectivity index is 1.62. The van der Waals surface area contributed by atoms with E-state index in [2.05, 4.69) is 20.9 Å². The van der Waals surface area contributed by atoms with Crippen molar-refractivity contribution in [3.05, 3.63) is 99.2 Å². The maximum Gasteiger partial charge on any atom is 0.410 e. The number of amides is 1. The standard InChI is InChI=1S/C33H35BrClN3O4/c1-32(2,3)42-31(39)38-16-14-33(40,20-26(38)19-25-7-5-6-15-36-25)29(21-8-11-24(35)12-9-21)27-18-22-17-23(34)10-13-28(22)37-30(27)41-4/h5-13,15,17-18,26,29,40H,14,16,19-20H2,1-4H3. The minimum atomic E-state index is -1.26. The zero-order valence-corrected chi connectivity index (χ0v) is 26.5. The summed E-state index contributed by atoms with van der Waals surface area (Å²) in [4.78, 5) is 24.5. The highest BCUT2D eigenvalue weighted by Crippen LogP contribution is 2.47. The molecule has 2 aromatic heterocycles. The van der Waals surface area contributed by atoms with Crippen molar-refractivity contribution >= 4 is 44.5 Å². The van der Waals surface area contributed by atoms with E-state index in [0.717, 1.165) is 32.2 Å². The van der Waals surface area contributed by atoms with Gasteiger partial charge in [-0.25, -0.2) is 9.78 Å². The third kappa shape index (κ3) is 6.72. The van der Waals surface area contributed by atoms with E-state index in [9.17, 15) is 9.90 Å². The zero-order chi connectivity index (χ0) is 30.1. The summed E-state index contributed by atoms with van der Waals surface area (Å²) in [7, 11) is 1.59. The summed E-state index contributed by atoms with van der Waals surface area (Å²) in [6.07, 6.45) is 2.41. The average Bonchev–Trinajstić information content (AvgIpc) is 2.93. The lowest BCUT2D eigenvalue weighted by Crippen LogP contribution is -2.56. The van der Waals surface area contributed by atoms with Crippen LogP contribution >= 0.6 is 27.5 Å². The number of hydrogen-bond donors (Lipinski definition) is 1. The van der Waals surface area contributed by atoms with Gasteiger partial charge in [0.25, 0.3) is 0 Å². The molecule has 7 nitrogen and oxygen atoms in total. The van der Waals surface area contributed by atoms with Gasteiger partial charge in [-0.3, -0.25) is 4.98 Å². The van der Waals surface area contributed by atoms with Crippen LogP contribution in [0.25, 0.3) is 10.9 Å². The van der Waals surface area contributed by atoms with Crippen molar-refractivity contribution < 1.29 is 19.4 Å². The predicted octanol–water partition coefficient (Wildman–Crippen LogP) is 7.56. The van der Waals surface area contributed by atoms with Crippen molar-refractivity contribution in [3.8, 4) is 5.88 Å². The van der Waals surface area contributed by atoms with E-state index in [4.69, 9.17) is 26.1 Å². The number of benzene rings is 2. The predicted molar refractivity (Wildman–Crippen MR) is 168 cm³/mol. The van der Waals surface area contributed by atoms with Crippen molar-refractivity contribution in [1.29, 1.82) is 0 Å². The van der Waals surface area contributed by atoms with E-state index in [1.54, 1.807) is 18.2 Å². The second-order valence-electron chi connectivity index (χ2n) is 11.8. The van der Waals surface area contributed by atoms with E-state index in [1.807, 2.05) is 87.5 Å². The van der Waals surface area contributed by atoms with Crippen LogP contribution < -0.4 is 4.74 Å². The third-order valence-electron chi connectivity index (χ3n) is 7.63. The SMILES string of the molecule is COc1nc2ccc(Br)cc2cc1C(c1ccc(Cl)cc1)C1(O)CCN(C(=O)OC(C)(C)C)C(Cc2ccccn2)C1. The van der Waals surface area contributed by atoms with Crippen molar-refractivity contribution in [1.82, 2.24) is 14.9 Å². The van der Waals surface area contributed by atoms with Gasteiger partial charge in [-0.2, -0.15) is 0 Å². The van der Waals surface area contributed by atoms with Crippen LogP contribution in [0.1, 0.15) is 56.4 Å². The second-order valence-corrected chi connectivity index (χ2v) is 13.2. The number of hydrogen-bond acceptors (Lipinski definition) is 6.